The first-order valence-electron chi connectivity index (χ1n) is 6.87. The second-order valence-corrected chi connectivity index (χ2v) is 6.82. The average Bonchev–Trinajstić information content (AvgIpc) is 2.43. The van der Waals surface area contributed by atoms with Gasteiger partial charge in [-0.3, -0.25) is 9.52 Å². The first-order chi connectivity index (χ1) is 10.6. The lowest BCUT2D eigenvalue weighted by molar-refractivity contribution is -0.139. The Morgan fingerprint density at radius 3 is 2.52 bits per heavy atom. The Morgan fingerprint density at radius 1 is 1.35 bits per heavy atom. The third-order valence-electron chi connectivity index (χ3n) is 3.01. The van der Waals surface area contributed by atoms with E-state index >= 15 is 0 Å². The summed E-state index contributed by atoms with van der Waals surface area (Å²) in [4.78, 5) is 23.3. The number of rotatable bonds is 7. The lowest BCUT2D eigenvalue weighted by Gasteiger charge is -2.14. The highest BCUT2D eigenvalue weighted by molar-refractivity contribution is 7.92. The Hall–Kier alpha value is -2.35. The predicted octanol–water partition coefficient (Wildman–Crippen LogP) is 1.52. The molecule has 1 atom stereocenters. The highest BCUT2D eigenvalue weighted by atomic mass is 32.2. The van der Waals surface area contributed by atoms with E-state index in [1.807, 2.05) is 0 Å². The molecule has 1 rings (SSSR count). The van der Waals surface area contributed by atoms with Gasteiger partial charge in [0.25, 0.3) is 5.91 Å². The summed E-state index contributed by atoms with van der Waals surface area (Å²) >= 11 is 0. The molecule has 0 radical (unpaired) electrons. The molecule has 0 bridgehead atoms. The van der Waals surface area contributed by atoms with Crippen LogP contribution in [0.25, 0.3) is 0 Å². The van der Waals surface area contributed by atoms with Gasteiger partial charge in [-0.15, -0.1) is 0 Å². The van der Waals surface area contributed by atoms with Crippen LogP contribution in [0.4, 0.5) is 5.69 Å². The Bertz CT molecular complexity index is 725. The van der Waals surface area contributed by atoms with E-state index in [4.69, 9.17) is 5.11 Å². The van der Waals surface area contributed by atoms with Crippen LogP contribution in [-0.4, -0.2) is 37.7 Å². The molecule has 3 N–H and O–H groups in total. The van der Waals surface area contributed by atoms with Crippen molar-refractivity contribution in [1.29, 1.82) is 0 Å². The number of hydrogen-bond acceptors (Lipinski definition) is 4. The predicted molar refractivity (Wildman–Crippen MR) is 88.0 cm³/mol. The van der Waals surface area contributed by atoms with Gasteiger partial charge in [0, 0.05) is 5.56 Å². The van der Waals surface area contributed by atoms with Crippen molar-refractivity contribution in [3.05, 3.63) is 41.5 Å². The van der Waals surface area contributed by atoms with Crippen LogP contribution in [0.15, 0.2) is 30.4 Å². The molecule has 0 aliphatic heterocycles. The molecule has 126 valence electrons. The molecule has 7 nitrogen and oxygen atoms in total. The van der Waals surface area contributed by atoms with Crippen LogP contribution in [0.5, 0.6) is 0 Å². The van der Waals surface area contributed by atoms with Gasteiger partial charge in [0.2, 0.25) is 10.0 Å². The topological polar surface area (TPSA) is 113 Å². The number of allylic oxidation sites excluding steroid dienone is 1. The SMILES string of the molecule is C/C=C/CC(NC(=O)c1ccc(C)c(NS(C)(=O)=O)c1)C(=O)O. The lowest BCUT2D eigenvalue weighted by Crippen LogP contribution is -2.40. The van der Waals surface area contributed by atoms with Crippen LogP contribution in [-0.2, 0) is 14.8 Å². The van der Waals surface area contributed by atoms with Crippen LogP contribution >= 0.6 is 0 Å². The van der Waals surface area contributed by atoms with E-state index in [1.54, 1.807) is 32.1 Å². The summed E-state index contributed by atoms with van der Waals surface area (Å²) in [5.74, 6) is -1.73. The number of sulfonamides is 1. The fraction of sp³-hybridized carbons (Fsp3) is 0.333. The number of hydrogen-bond donors (Lipinski definition) is 3. The van der Waals surface area contributed by atoms with Crippen LogP contribution < -0.4 is 10.0 Å². The molecule has 8 heteroatoms. The molecule has 0 fully saturated rings. The smallest absolute Gasteiger partial charge is 0.326 e. The fourth-order valence-corrected chi connectivity index (χ4v) is 2.43. The zero-order chi connectivity index (χ0) is 17.6. The molecule has 0 aromatic heterocycles. The van der Waals surface area contributed by atoms with E-state index in [0.29, 0.717) is 5.56 Å². The summed E-state index contributed by atoms with van der Waals surface area (Å²) in [6.07, 6.45) is 4.52. The maximum Gasteiger partial charge on any atom is 0.326 e. The van der Waals surface area contributed by atoms with Crippen LogP contribution in [0, 0.1) is 6.92 Å². The van der Waals surface area contributed by atoms with E-state index in [0.717, 1.165) is 6.26 Å². The second-order valence-electron chi connectivity index (χ2n) is 5.07. The van der Waals surface area contributed by atoms with Gasteiger partial charge >= 0.3 is 5.97 Å². The first-order valence-corrected chi connectivity index (χ1v) is 8.76. The molecule has 23 heavy (non-hydrogen) atoms. The minimum atomic E-state index is -3.48. The van der Waals surface area contributed by atoms with Crippen molar-refractivity contribution in [2.24, 2.45) is 0 Å². The van der Waals surface area contributed by atoms with Crippen molar-refractivity contribution in [1.82, 2.24) is 5.32 Å². The van der Waals surface area contributed by atoms with E-state index < -0.39 is 27.9 Å². The number of carboxylic acids is 1. The molecule has 0 saturated carbocycles. The summed E-state index contributed by atoms with van der Waals surface area (Å²) in [7, 11) is -3.48. The first kappa shape index (κ1) is 18.7. The molecule has 1 amide bonds. The molecule has 1 aromatic rings. The lowest BCUT2D eigenvalue weighted by atomic mass is 10.1. The number of carboxylic acid groups (broad SMARTS) is 1. The zero-order valence-corrected chi connectivity index (χ0v) is 14.0. The fourth-order valence-electron chi connectivity index (χ4n) is 1.81. The van der Waals surface area contributed by atoms with Crippen LogP contribution in [0.3, 0.4) is 0 Å². The summed E-state index contributed by atoms with van der Waals surface area (Å²) in [6, 6.07) is 3.42. The summed E-state index contributed by atoms with van der Waals surface area (Å²) < 4.78 is 25.0. The standard InChI is InChI=1S/C15H20N2O5S/c1-4-5-6-12(15(19)20)16-14(18)11-8-7-10(2)13(9-11)17-23(3,21)22/h4-5,7-9,12,17H,6H2,1-3H3,(H,16,18)(H,19,20)/b5-4+. The van der Waals surface area contributed by atoms with Crippen molar-refractivity contribution in [3.63, 3.8) is 0 Å². The van der Waals surface area contributed by atoms with E-state index in [-0.39, 0.29) is 17.7 Å². The van der Waals surface area contributed by atoms with Gasteiger partial charge in [-0.05, 0) is 38.0 Å². The van der Waals surface area contributed by atoms with Gasteiger partial charge in [-0.1, -0.05) is 18.2 Å². The molecule has 0 aliphatic rings. The molecule has 1 aromatic carbocycles. The van der Waals surface area contributed by atoms with Gasteiger partial charge in [-0.2, -0.15) is 0 Å². The maximum absolute atomic E-state index is 12.2. The van der Waals surface area contributed by atoms with Crippen molar-refractivity contribution in [3.8, 4) is 0 Å². The third kappa shape index (κ3) is 6.11. The largest absolute Gasteiger partial charge is 0.480 e. The highest BCUT2D eigenvalue weighted by Crippen LogP contribution is 2.18. The Labute approximate surface area is 135 Å². The number of benzene rings is 1. The normalized spacial score (nSPS) is 12.8. The molecule has 0 saturated heterocycles. The molecule has 0 aliphatic carbocycles. The second kappa shape index (κ2) is 7.77. The third-order valence-corrected chi connectivity index (χ3v) is 3.60. The monoisotopic (exact) mass is 340 g/mol. The number of aryl methyl sites for hydroxylation is 1. The minimum Gasteiger partial charge on any atom is -0.480 e. The average molecular weight is 340 g/mol. The van der Waals surface area contributed by atoms with Crippen molar-refractivity contribution >= 4 is 27.6 Å². The van der Waals surface area contributed by atoms with Gasteiger partial charge in [0.1, 0.15) is 6.04 Å². The summed E-state index contributed by atoms with van der Waals surface area (Å²) in [5, 5.41) is 11.5. The molecule has 0 spiro atoms. The van der Waals surface area contributed by atoms with Gasteiger partial charge in [0.15, 0.2) is 0 Å². The molecular weight excluding hydrogens is 320 g/mol. The number of carbonyl (C=O) groups is 2. The number of amides is 1. The Balaban J connectivity index is 2.99. The highest BCUT2D eigenvalue weighted by Gasteiger charge is 2.20. The van der Waals surface area contributed by atoms with Crippen LogP contribution in [0.2, 0.25) is 0 Å². The summed E-state index contributed by atoms with van der Waals surface area (Å²) in [5.41, 5.74) is 1.10. The van der Waals surface area contributed by atoms with Crippen LogP contribution in [0.1, 0.15) is 29.3 Å². The van der Waals surface area contributed by atoms with Crippen molar-refractivity contribution in [2.75, 3.05) is 11.0 Å². The Morgan fingerprint density at radius 2 is 2.00 bits per heavy atom. The number of nitrogens with one attached hydrogen (secondary N) is 2. The molecule has 0 heterocycles. The molecular formula is C15H20N2O5S. The van der Waals surface area contributed by atoms with Crippen molar-refractivity contribution in [2.45, 2.75) is 26.3 Å². The minimum absolute atomic E-state index is 0.165. The zero-order valence-electron chi connectivity index (χ0n) is 13.2. The number of anilines is 1. The van der Waals surface area contributed by atoms with Crippen molar-refractivity contribution < 1.29 is 23.1 Å². The maximum atomic E-state index is 12.2. The number of aliphatic carboxylic acids is 1. The quantitative estimate of drug-likeness (QED) is 0.651. The molecule has 1 unspecified atom stereocenters. The summed E-state index contributed by atoms with van der Waals surface area (Å²) in [6.45, 7) is 3.45. The number of carbonyl (C=O) groups excluding carboxylic acids is 1. The van der Waals surface area contributed by atoms with Gasteiger partial charge < -0.3 is 10.4 Å². The van der Waals surface area contributed by atoms with E-state index in [9.17, 15) is 18.0 Å². The van der Waals surface area contributed by atoms with Gasteiger partial charge in [-0.25, -0.2) is 13.2 Å². The Kier molecular flexibility index (Phi) is 6.32. The van der Waals surface area contributed by atoms with E-state index in [2.05, 4.69) is 10.0 Å². The van der Waals surface area contributed by atoms with Gasteiger partial charge in [0.05, 0.1) is 11.9 Å². The van der Waals surface area contributed by atoms with E-state index in [1.165, 1.54) is 12.1 Å².